The summed E-state index contributed by atoms with van der Waals surface area (Å²) in [5.41, 5.74) is 3.29. The minimum absolute atomic E-state index is 0.473. The summed E-state index contributed by atoms with van der Waals surface area (Å²) < 4.78 is 2.40. The lowest BCUT2D eigenvalue weighted by Gasteiger charge is -2.09. The molecule has 2 aromatic carbocycles. The normalized spacial score (nSPS) is 11.6. The van der Waals surface area contributed by atoms with E-state index in [1.54, 1.807) is 11.3 Å². The van der Waals surface area contributed by atoms with Crippen LogP contribution in [0.3, 0.4) is 0 Å². The van der Waals surface area contributed by atoms with Crippen LogP contribution in [0.1, 0.15) is 37.5 Å². The Morgan fingerprint density at radius 2 is 1.62 bits per heavy atom. The maximum atomic E-state index is 10.4. The first-order valence-electron chi connectivity index (χ1n) is 7.48. The summed E-state index contributed by atoms with van der Waals surface area (Å²) in [7, 11) is 0. The van der Waals surface area contributed by atoms with E-state index in [2.05, 4.69) is 39.0 Å². The zero-order valence-electron chi connectivity index (χ0n) is 12.6. The Bertz CT molecular complexity index is 832. The predicted octanol–water partition coefficient (Wildman–Crippen LogP) is 6.10. The smallest absolute Gasteiger partial charge is 0.123 e. The molecule has 0 amide bonds. The van der Waals surface area contributed by atoms with Gasteiger partial charge in [0.1, 0.15) is 5.75 Å². The predicted molar refractivity (Wildman–Crippen MR) is 94.1 cm³/mol. The molecular weight excluding hydrogens is 300 g/mol. The van der Waals surface area contributed by atoms with Gasteiger partial charge in [0, 0.05) is 30.8 Å². The highest BCUT2D eigenvalue weighted by Crippen LogP contribution is 2.42. The molecule has 0 unspecified atom stereocenters. The quantitative estimate of drug-likeness (QED) is 0.618. The highest BCUT2D eigenvalue weighted by molar-refractivity contribution is 7.26. The van der Waals surface area contributed by atoms with Crippen molar-refractivity contribution >= 4 is 43.1 Å². The van der Waals surface area contributed by atoms with Crippen LogP contribution in [0.4, 0.5) is 0 Å². The molecule has 1 heterocycles. The van der Waals surface area contributed by atoms with Crippen molar-refractivity contribution in [1.82, 2.24) is 0 Å². The van der Waals surface area contributed by atoms with Crippen molar-refractivity contribution in [2.75, 3.05) is 0 Å². The maximum Gasteiger partial charge on any atom is 0.123 e. The van der Waals surface area contributed by atoms with Crippen LogP contribution in [0.2, 0.25) is 5.02 Å². The lowest BCUT2D eigenvalue weighted by molar-refractivity contribution is 0.464. The van der Waals surface area contributed by atoms with Crippen molar-refractivity contribution in [3.8, 4) is 5.75 Å². The second-order valence-corrected chi connectivity index (χ2v) is 6.80. The molecule has 3 rings (SSSR count). The highest BCUT2D eigenvalue weighted by atomic mass is 35.5. The maximum absolute atomic E-state index is 10.4. The zero-order chi connectivity index (χ0) is 15.1. The molecule has 0 spiro atoms. The summed E-state index contributed by atoms with van der Waals surface area (Å²) in [6.07, 6.45) is 2.63. The minimum atomic E-state index is 0.473. The van der Waals surface area contributed by atoms with Crippen molar-refractivity contribution < 1.29 is 5.11 Å². The molecule has 3 aromatic rings. The average Bonchev–Trinajstić information content (AvgIpc) is 2.82. The van der Waals surface area contributed by atoms with Crippen molar-refractivity contribution in [2.24, 2.45) is 0 Å². The molecule has 0 aliphatic carbocycles. The molecule has 1 aromatic heterocycles. The molecule has 110 valence electrons. The Labute approximate surface area is 134 Å². The van der Waals surface area contributed by atoms with Crippen LogP contribution >= 0.6 is 22.9 Å². The van der Waals surface area contributed by atoms with Crippen LogP contribution in [0, 0.1) is 0 Å². The molecule has 0 radical (unpaired) electrons. The Kier molecular flexibility index (Phi) is 3.85. The number of aromatic hydroxyl groups is 1. The van der Waals surface area contributed by atoms with E-state index in [1.165, 1.54) is 25.7 Å². The van der Waals surface area contributed by atoms with Gasteiger partial charge in [0.2, 0.25) is 0 Å². The van der Waals surface area contributed by atoms with Crippen molar-refractivity contribution in [1.29, 1.82) is 0 Å². The zero-order valence-corrected chi connectivity index (χ0v) is 14.2. The third-order valence-corrected chi connectivity index (χ3v) is 5.77. The first kappa shape index (κ1) is 14.7. The number of fused-ring (bicyclic) bond motifs is 3. The van der Waals surface area contributed by atoms with Gasteiger partial charge in [0.25, 0.3) is 0 Å². The van der Waals surface area contributed by atoms with Gasteiger partial charge in [-0.15, -0.1) is 11.3 Å². The second kappa shape index (κ2) is 5.51. The Morgan fingerprint density at radius 3 is 2.24 bits per heavy atom. The number of hydrogen-bond acceptors (Lipinski definition) is 2. The third kappa shape index (κ3) is 2.21. The van der Waals surface area contributed by atoms with Crippen molar-refractivity contribution in [2.45, 2.75) is 40.0 Å². The fourth-order valence-corrected chi connectivity index (χ4v) is 4.64. The molecule has 0 saturated carbocycles. The molecular formula is C18H19ClOS. The molecule has 0 bridgehead atoms. The van der Waals surface area contributed by atoms with Gasteiger partial charge in [0.05, 0.1) is 0 Å². The van der Waals surface area contributed by atoms with Crippen LogP contribution in [0.5, 0.6) is 5.75 Å². The lowest BCUT2D eigenvalue weighted by Crippen LogP contribution is -1.89. The summed E-state index contributed by atoms with van der Waals surface area (Å²) in [6, 6.07) is 6.44. The van der Waals surface area contributed by atoms with E-state index in [0.717, 1.165) is 35.4 Å². The molecule has 1 nitrogen and oxygen atoms in total. The number of phenolic OH excluding ortho intramolecular Hbond substituents is 1. The number of rotatable bonds is 3. The first-order chi connectivity index (χ1) is 10.1. The first-order valence-corrected chi connectivity index (χ1v) is 8.68. The van der Waals surface area contributed by atoms with Crippen molar-refractivity contribution in [3.05, 3.63) is 39.9 Å². The molecule has 3 heteroatoms. The number of halogens is 1. The fraction of sp³-hybridized carbons (Fsp3) is 0.333. The van der Waals surface area contributed by atoms with Gasteiger partial charge in [-0.25, -0.2) is 0 Å². The van der Waals surface area contributed by atoms with Crippen LogP contribution in [0.15, 0.2) is 18.2 Å². The van der Waals surface area contributed by atoms with E-state index in [-0.39, 0.29) is 0 Å². The summed E-state index contributed by atoms with van der Waals surface area (Å²) in [5, 5.41) is 13.8. The van der Waals surface area contributed by atoms with E-state index < -0.39 is 0 Å². The Hall–Kier alpha value is -1.25. The van der Waals surface area contributed by atoms with Gasteiger partial charge < -0.3 is 5.11 Å². The van der Waals surface area contributed by atoms with Crippen LogP contribution in [0.25, 0.3) is 20.2 Å². The van der Waals surface area contributed by atoms with E-state index in [9.17, 15) is 5.11 Å². The molecule has 1 N–H and O–H groups in total. The molecule has 0 fully saturated rings. The summed E-state index contributed by atoms with van der Waals surface area (Å²) in [4.78, 5) is 0. The number of hydrogen-bond donors (Lipinski definition) is 1. The number of benzene rings is 2. The highest BCUT2D eigenvalue weighted by Gasteiger charge is 2.16. The molecule has 0 atom stereocenters. The molecule has 21 heavy (non-hydrogen) atoms. The van der Waals surface area contributed by atoms with E-state index in [0.29, 0.717) is 5.75 Å². The van der Waals surface area contributed by atoms with E-state index in [4.69, 9.17) is 11.6 Å². The van der Waals surface area contributed by atoms with Gasteiger partial charge in [-0.05, 0) is 48.6 Å². The lowest BCUT2D eigenvalue weighted by atomic mass is 9.99. The van der Waals surface area contributed by atoms with Crippen molar-refractivity contribution in [3.63, 3.8) is 0 Å². The standard InChI is InChI=1S/C18H19ClOS/c1-4-10-7-13-14-8-11(5-2)17(20)12(6-3)18(14)21-16(13)9-15(10)19/h7-9,20H,4-6H2,1-3H3. The fourth-order valence-electron chi connectivity index (χ4n) is 2.96. The number of phenols is 1. The largest absolute Gasteiger partial charge is 0.507 e. The summed E-state index contributed by atoms with van der Waals surface area (Å²) in [6.45, 7) is 6.31. The number of aryl methyl sites for hydroxylation is 3. The van der Waals surface area contributed by atoms with Crippen LogP contribution in [-0.2, 0) is 19.3 Å². The molecule has 0 aliphatic rings. The Morgan fingerprint density at radius 1 is 0.952 bits per heavy atom. The molecule has 0 aliphatic heterocycles. The monoisotopic (exact) mass is 318 g/mol. The summed E-state index contributed by atoms with van der Waals surface area (Å²) in [5.74, 6) is 0.473. The van der Waals surface area contributed by atoms with Gasteiger partial charge in [-0.1, -0.05) is 32.4 Å². The van der Waals surface area contributed by atoms with Gasteiger partial charge >= 0.3 is 0 Å². The summed E-state index contributed by atoms with van der Waals surface area (Å²) >= 11 is 8.09. The van der Waals surface area contributed by atoms with Crippen LogP contribution < -0.4 is 0 Å². The van der Waals surface area contributed by atoms with Crippen LogP contribution in [-0.4, -0.2) is 5.11 Å². The minimum Gasteiger partial charge on any atom is -0.507 e. The SMILES string of the molecule is CCc1cc2c(cc1Cl)sc1c(CC)c(O)c(CC)cc12. The second-order valence-electron chi connectivity index (χ2n) is 5.34. The average molecular weight is 319 g/mol. The van der Waals surface area contributed by atoms with Gasteiger partial charge in [-0.3, -0.25) is 0 Å². The van der Waals surface area contributed by atoms with E-state index in [1.807, 2.05) is 0 Å². The third-order valence-electron chi connectivity index (χ3n) is 4.19. The number of thiophene rings is 1. The molecule has 0 saturated heterocycles. The van der Waals surface area contributed by atoms with Gasteiger partial charge in [0.15, 0.2) is 0 Å². The Balaban J connectivity index is 2.47. The van der Waals surface area contributed by atoms with E-state index >= 15 is 0 Å². The van der Waals surface area contributed by atoms with Gasteiger partial charge in [-0.2, -0.15) is 0 Å². The topological polar surface area (TPSA) is 20.2 Å².